The van der Waals surface area contributed by atoms with Crippen molar-refractivity contribution in [3.8, 4) is 0 Å². The highest BCUT2D eigenvalue weighted by Crippen LogP contribution is 2.71. The van der Waals surface area contributed by atoms with Crippen LogP contribution in [0.3, 0.4) is 0 Å². The number of epoxide rings is 1. The minimum atomic E-state index is -1.37. The minimum absolute atomic E-state index is 0.0670. The predicted octanol–water partition coefficient (Wildman–Crippen LogP) is 2.49. The summed E-state index contributed by atoms with van der Waals surface area (Å²) >= 11 is 0. The number of carbonyl (C=O) groups is 3. The van der Waals surface area contributed by atoms with Crippen molar-refractivity contribution in [1.29, 1.82) is 0 Å². The molecule has 1 heterocycles. The third-order valence-corrected chi connectivity index (χ3v) is 11.1. The highest BCUT2D eigenvalue weighted by Gasteiger charge is 2.72. The van der Waals surface area contributed by atoms with Crippen molar-refractivity contribution in [2.24, 2.45) is 33.5 Å². The molecule has 0 aromatic heterocycles. The fraction of sp³-hybridized carbons (Fsp3) is 0.815. The molecule has 0 radical (unpaired) electrons. The Kier molecular flexibility index (Phi) is 4.83. The Bertz CT molecular complexity index is 1020. The molecule has 1 aliphatic heterocycles. The molecule has 3 fully saturated rings. The number of cyclic esters (lactones) is 1. The summed E-state index contributed by atoms with van der Waals surface area (Å²) in [6.07, 6.45) is -0.287. The molecule has 2 saturated carbocycles. The highest BCUT2D eigenvalue weighted by atomic mass is 16.6. The molecule has 0 spiro atoms. The van der Waals surface area contributed by atoms with E-state index in [0.717, 1.165) is 0 Å². The van der Waals surface area contributed by atoms with Crippen LogP contribution in [-0.2, 0) is 19.1 Å². The third-order valence-electron chi connectivity index (χ3n) is 11.1. The second-order valence-corrected chi connectivity index (χ2v) is 13.2. The maximum absolute atomic E-state index is 14.0. The van der Waals surface area contributed by atoms with Crippen LogP contribution in [0.15, 0.2) is 11.1 Å². The number of carbonyl (C=O) groups excluding carboxylic acids is 3. The van der Waals surface area contributed by atoms with Crippen molar-refractivity contribution < 1.29 is 34.4 Å². The molecule has 188 valence electrons. The van der Waals surface area contributed by atoms with Gasteiger partial charge in [0.25, 0.3) is 0 Å². The number of hydrogen-bond acceptors (Lipinski definition) is 7. The summed E-state index contributed by atoms with van der Waals surface area (Å²) in [6, 6.07) is 0. The summed E-state index contributed by atoms with van der Waals surface area (Å²) < 4.78 is 4.94. The molecule has 0 aromatic carbocycles. The third kappa shape index (κ3) is 2.78. The number of allylic oxidation sites excluding steroid dienone is 1. The fourth-order valence-corrected chi connectivity index (χ4v) is 8.88. The zero-order valence-electron chi connectivity index (χ0n) is 21.1. The van der Waals surface area contributed by atoms with Crippen LogP contribution in [0.2, 0.25) is 0 Å². The molecular weight excluding hydrogens is 436 g/mol. The second kappa shape index (κ2) is 6.80. The van der Waals surface area contributed by atoms with E-state index in [4.69, 9.17) is 4.74 Å². The molecule has 0 bridgehead atoms. The average molecular weight is 475 g/mol. The molecule has 5 aliphatic rings. The summed E-state index contributed by atoms with van der Waals surface area (Å²) in [5.74, 6) is -1.13. The summed E-state index contributed by atoms with van der Waals surface area (Å²) in [5, 5.41) is 33.8. The molecule has 4 aliphatic carbocycles. The van der Waals surface area contributed by atoms with Crippen molar-refractivity contribution in [1.82, 2.24) is 0 Å². The minimum Gasteiger partial charge on any atom is -0.447 e. The van der Waals surface area contributed by atoms with Crippen LogP contribution < -0.4 is 0 Å². The van der Waals surface area contributed by atoms with Gasteiger partial charge in [-0.25, -0.2) is 4.79 Å². The van der Waals surface area contributed by atoms with E-state index in [2.05, 4.69) is 6.92 Å². The number of ketones is 2. The lowest BCUT2D eigenvalue weighted by molar-refractivity contribution is -0.145. The van der Waals surface area contributed by atoms with Crippen LogP contribution in [-0.4, -0.2) is 56.8 Å². The Balaban J connectivity index is 1.65. The SMILES string of the molecule is CC1(C)[C@@H](O)CC[C@]2(C)C3=C(C(O)C[C@@H]12)[C@]1(C)C(=O)C[C@H]([C@](C)(O)CC2OC2=O)[C@@]1(C)CC3=O. The Morgan fingerprint density at radius 1 is 1.09 bits per heavy atom. The largest absolute Gasteiger partial charge is 0.447 e. The van der Waals surface area contributed by atoms with E-state index < -0.39 is 51.5 Å². The van der Waals surface area contributed by atoms with Gasteiger partial charge in [-0.3, -0.25) is 9.59 Å². The Labute approximate surface area is 200 Å². The number of aliphatic hydroxyl groups is 3. The lowest BCUT2D eigenvalue weighted by atomic mass is 9.42. The molecule has 5 rings (SSSR count). The van der Waals surface area contributed by atoms with Gasteiger partial charge >= 0.3 is 5.97 Å². The van der Waals surface area contributed by atoms with Gasteiger partial charge in [0.15, 0.2) is 5.78 Å². The van der Waals surface area contributed by atoms with Gasteiger partial charge < -0.3 is 20.1 Å². The van der Waals surface area contributed by atoms with Gasteiger partial charge in [0.05, 0.1) is 23.2 Å². The van der Waals surface area contributed by atoms with E-state index in [1.165, 1.54) is 0 Å². The van der Waals surface area contributed by atoms with E-state index in [1.54, 1.807) is 6.92 Å². The number of aliphatic hydroxyl groups excluding tert-OH is 2. The van der Waals surface area contributed by atoms with Crippen LogP contribution in [0, 0.1) is 33.5 Å². The molecule has 9 atom stereocenters. The van der Waals surface area contributed by atoms with E-state index in [1.807, 2.05) is 27.7 Å². The van der Waals surface area contributed by atoms with Crippen LogP contribution in [0.25, 0.3) is 0 Å². The molecule has 2 unspecified atom stereocenters. The predicted molar refractivity (Wildman–Crippen MR) is 122 cm³/mol. The summed E-state index contributed by atoms with van der Waals surface area (Å²) in [6.45, 7) is 11.5. The van der Waals surface area contributed by atoms with E-state index in [9.17, 15) is 29.7 Å². The Morgan fingerprint density at radius 2 is 1.71 bits per heavy atom. The first kappa shape index (κ1) is 24.1. The van der Waals surface area contributed by atoms with Gasteiger partial charge in [0.1, 0.15) is 5.78 Å². The summed E-state index contributed by atoms with van der Waals surface area (Å²) in [7, 11) is 0. The van der Waals surface area contributed by atoms with E-state index in [-0.39, 0.29) is 42.7 Å². The number of ether oxygens (including phenoxy) is 1. The second-order valence-electron chi connectivity index (χ2n) is 13.2. The average Bonchev–Trinajstić information content (AvgIpc) is 3.35. The van der Waals surface area contributed by atoms with E-state index in [0.29, 0.717) is 30.4 Å². The standard InChI is InChI=1S/C27H38O7/c1-23(2)16-9-13(28)21-20(24(16,3)8-7-18(23)30)14(29)11-25(4)17(10-19(31)27(21,25)6)26(5,33)12-15-22(32)34-15/h13,15-18,28,30,33H,7-12H2,1-6H3/t13?,15?,16-,17-,18-,24-,25+,26+,27-/m0/s1. The van der Waals surface area contributed by atoms with Crippen LogP contribution in [0.1, 0.15) is 80.1 Å². The molecule has 1 saturated heterocycles. The molecule has 3 N–H and O–H groups in total. The van der Waals surface area contributed by atoms with Crippen LogP contribution in [0.5, 0.6) is 0 Å². The zero-order chi connectivity index (χ0) is 25.2. The first-order chi connectivity index (χ1) is 15.5. The van der Waals surface area contributed by atoms with Gasteiger partial charge in [0, 0.05) is 30.8 Å². The number of rotatable bonds is 3. The highest BCUT2D eigenvalue weighted by molar-refractivity contribution is 6.05. The van der Waals surface area contributed by atoms with Crippen molar-refractivity contribution in [3.05, 3.63) is 11.1 Å². The topological polar surface area (TPSA) is 124 Å². The van der Waals surface area contributed by atoms with Gasteiger partial charge in [-0.2, -0.15) is 0 Å². The lowest BCUT2D eigenvalue weighted by Crippen LogP contribution is -2.61. The molecular formula is C27H38O7. The van der Waals surface area contributed by atoms with Crippen molar-refractivity contribution >= 4 is 17.5 Å². The summed E-state index contributed by atoms with van der Waals surface area (Å²) in [4.78, 5) is 39.3. The molecule has 7 heteroatoms. The lowest BCUT2D eigenvalue weighted by Gasteiger charge is -2.62. The molecule has 0 amide bonds. The number of Topliss-reactive ketones (excluding diaryl/α,β-unsaturated/α-hetero) is 2. The van der Waals surface area contributed by atoms with Gasteiger partial charge in [-0.05, 0) is 60.8 Å². The quantitative estimate of drug-likeness (QED) is 0.537. The number of hydrogen-bond donors (Lipinski definition) is 3. The van der Waals surface area contributed by atoms with Crippen LogP contribution in [0.4, 0.5) is 0 Å². The summed E-state index contributed by atoms with van der Waals surface area (Å²) in [5.41, 5.74) is -3.24. The molecule has 0 aromatic rings. The monoisotopic (exact) mass is 474 g/mol. The molecule has 34 heavy (non-hydrogen) atoms. The maximum atomic E-state index is 14.0. The van der Waals surface area contributed by atoms with Crippen LogP contribution >= 0.6 is 0 Å². The van der Waals surface area contributed by atoms with Crippen molar-refractivity contribution in [2.75, 3.05) is 0 Å². The first-order valence-corrected chi connectivity index (χ1v) is 12.6. The molecule has 7 nitrogen and oxygen atoms in total. The maximum Gasteiger partial charge on any atom is 0.348 e. The first-order valence-electron chi connectivity index (χ1n) is 12.6. The van der Waals surface area contributed by atoms with E-state index >= 15 is 0 Å². The number of fused-ring (bicyclic) bond motifs is 4. The van der Waals surface area contributed by atoms with Gasteiger partial charge in [-0.15, -0.1) is 0 Å². The normalized spacial score (nSPS) is 49.1. The van der Waals surface area contributed by atoms with Crippen molar-refractivity contribution in [2.45, 2.75) is 104 Å². The fourth-order valence-electron chi connectivity index (χ4n) is 8.88. The van der Waals surface area contributed by atoms with Gasteiger partial charge in [-0.1, -0.05) is 27.7 Å². The Hall–Kier alpha value is -1.57. The smallest absolute Gasteiger partial charge is 0.348 e. The van der Waals surface area contributed by atoms with Crippen molar-refractivity contribution in [3.63, 3.8) is 0 Å². The Morgan fingerprint density at radius 3 is 2.29 bits per heavy atom. The van der Waals surface area contributed by atoms with Gasteiger partial charge in [0.2, 0.25) is 6.10 Å². The zero-order valence-corrected chi connectivity index (χ0v) is 21.1.